The van der Waals surface area contributed by atoms with E-state index in [1.54, 1.807) is 11.3 Å². The van der Waals surface area contributed by atoms with Gasteiger partial charge in [-0.25, -0.2) is 0 Å². The predicted molar refractivity (Wildman–Crippen MR) is 79.0 cm³/mol. The quantitative estimate of drug-likeness (QED) is 0.908. The van der Waals surface area contributed by atoms with Crippen LogP contribution in [0.25, 0.3) is 0 Å². The Morgan fingerprint density at radius 2 is 2.17 bits per heavy atom. The molecular formula is C14H17ClN2S. The molecule has 18 heavy (non-hydrogen) atoms. The molecule has 1 atom stereocenters. The number of rotatable bonds is 5. The SMILES string of the molecule is CN(Cc1cccs1)C(CN)c1cccc(Cl)c1. The predicted octanol–water partition coefficient (Wildman–Crippen LogP) is 3.53. The molecule has 1 unspecified atom stereocenters. The first-order valence-corrected chi connectivity index (χ1v) is 7.14. The van der Waals surface area contributed by atoms with Crippen LogP contribution in [0.1, 0.15) is 16.5 Å². The standard InChI is InChI=1S/C14H17ClN2S/c1-17(10-13-6-3-7-18-13)14(9-16)11-4-2-5-12(15)8-11/h2-8,14H,9-10,16H2,1H3. The van der Waals surface area contributed by atoms with E-state index in [9.17, 15) is 0 Å². The van der Waals surface area contributed by atoms with Gasteiger partial charge in [0.1, 0.15) is 0 Å². The van der Waals surface area contributed by atoms with Crippen LogP contribution in [0.15, 0.2) is 41.8 Å². The van der Waals surface area contributed by atoms with Crippen LogP contribution in [0, 0.1) is 0 Å². The molecule has 0 bridgehead atoms. The van der Waals surface area contributed by atoms with Crippen molar-refractivity contribution in [1.82, 2.24) is 4.90 Å². The molecule has 0 amide bonds. The molecule has 0 aliphatic rings. The van der Waals surface area contributed by atoms with Gasteiger partial charge in [-0.05, 0) is 36.2 Å². The average Bonchev–Trinajstić information content (AvgIpc) is 2.83. The number of halogens is 1. The smallest absolute Gasteiger partial charge is 0.0471 e. The summed E-state index contributed by atoms with van der Waals surface area (Å²) in [6, 6.07) is 12.3. The summed E-state index contributed by atoms with van der Waals surface area (Å²) in [5, 5.41) is 2.86. The minimum Gasteiger partial charge on any atom is -0.329 e. The third-order valence-electron chi connectivity index (χ3n) is 2.97. The van der Waals surface area contributed by atoms with E-state index in [-0.39, 0.29) is 6.04 Å². The van der Waals surface area contributed by atoms with Crippen molar-refractivity contribution < 1.29 is 0 Å². The normalized spacial score (nSPS) is 12.9. The summed E-state index contributed by atoms with van der Waals surface area (Å²) < 4.78 is 0. The molecule has 0 saturated carbocycles. The first-order valence-electron chi connectivity index (χ1n) is 5.89. The molecule has 2 rings (SSSR count). The lowest BCUT2D eigenvalue weighted by Gasteiger charge is -2.27. The molecule has 0 fully saturated rings. The number of likely N-dealkylation sites (N-methyl/N-ethyl adjacent to an activating group) is 1. The molecule has 0 radical (unpaired) electrons. The van der Waals surface area contributed by atoms with Crippen LogP contribution in [0.3, 0.4) is 0 Å². The molecule has 1 aromatic carbocycles. The summed E-state index contributed by atoms with van der Waals surface area (Å²) in [7, 11) is 2.10. The zero-order valence-corrected chi connectivity index (χ0v) is 11.9. The van der Waals surface area contributed by atoms with Crippen molar-refractivity contribution >= 4 is 22.9 Å². The highest BCUT2D eigenvalue weighted by Crippen LogP contribution is 2.24. The fraction of sp³-hybridized carbons (Fsp3) is 0.286. The van der Waals surface area contributed by atoms with E-state index in [1.807, 2.05) is 18.2 Å². The van der Waals surface area contributed by atoms with Crippen LogP contribution in [-0.4, -0.2) is 18.5 Å². The first-order chi connectivity index (χ1) is 8.70. The van der Waals surface area contributed by atoms with Crippen molar-refractivity contribution in [2.45, 2.75) is 12.6 Å². The summed E-state index contributed by atoms with van der Waals surface area (Å²) in [4.78, 5) is 3.61. The van der Waals surface area contributed by atoms with Gasteiger partial charge in [0, 0.05) is 29.0 Å². The first kappa shape index (κ1) is 13.6. The Hall–Kier alpha value is -0.870. The van der Waals surface area contributed by atoms with Crippen molar-refractivity contribution in [2.75, 3.05) is 13.6 Å². The van der Waals surface area contributed by atoms with Crippen LogP contribution < -0.4 is 5.73 Å². The highest BCUT2D eigenvalue weighted by molar-refractivity contribution is 7.09. The lowest BCUT2D eigenvalue weighted by atomic mass is 10.1. The lowest BCUT2D eigenvalue weighted by Crippen LogP contribution is -2.29. The number of benzene rings is 1. The summed E-state index contributed by atoms with van der Waals surface area (Å²) in [6.45, 7) is 1.49. The Kier molecular flexibility index (Phi) is 4.78. The van der Waals surface area contributed by atoms with Gasteiger partial charge in [0.2, 0.25) is 0 Å². The van der Waals surface area contributed by atoms with E-state index >= 15 is 0 Å². The molecule has 96 valence electrons. The molecule has 0 aliphatic heterocycles. The van der Waals surface area contributed by atoms with Crippen molar-refractivity contribution in [1.29, 1.82) is 0 Å². The zero-order valence-electron chi connectivity index (χ0n) is 10.3. The second-order valence-corrected chi connectivity index (χ2v) is 5.77. The van der Waals surface area contributed by atoms with Crippen molar-refractivity contribution in [2.24, 2.45) is 5.73 Å². The molecule has 2 aromatic rings. The van der Waals surface area contributed by atoms with Crippen LogP contribution in [0.2, 0.25) is 5.02 Å². The zero-order chi connectivity index (χ0) is 13.0. The van der Waals surface area contributed by atoms with Crippen molar-refractivity contribution in [3.8, 4) is 0 Å². The van der Waals surface area contributed by atoms with Gasteiger partial charge in [-0.3, -0.25) is 4.90 Å². The van der Waals surface area contributed by atoms with Gasteiger partial charge in [0.05, 0.1) is 0 Å². The van der Waals surface area contributed by atoms with Crippen molar-refractivity contribution in [3.63, 3.8) is 0 Å². The topological polar surface area (TPSA) is 29.3 Å². The van der Waals surface area contributed by atoms with Gasteiger partial charge in [-0.15, -0.1) is 11.3 Å². The lowest BCUT2D eigenvalue weighted by molar-refractivity contribution is 0.244. The third kappa shape index (κ3) is 3.33. The van der Waals surface area contributed by atoms with Crippen molar-refractivity contribution in [3.05, 3.63) is 57.2 Å². The fourth-order valence-corrected chi connectivity index (χ4v) is 3.01. The number of hydrogen-bond donors (Lipinski definition) is 1. The minimum atomic E-state index is 0.200. The maximum Gasteiger partial charge on any atom is 0.0471 e. The van der Waals surface area contributed by atoms with Crippen LogP contribution in [0.5, 0.6) is 0 Å². The molecule has 4 heteroatoms. The Bertz CT molecular complexity index is 484. The average molecular weight is 281 g/mol. The maximum absolute atomic E-state index is 6.04. The third-order valence-corrected chi connectivity index (χ3v) is 4.07. The Balaban J connectivity index is 2.12. The van der Waals surface area contributed by atoms with Crippen LogP contribution in [-0.2, 0) is 6.54 Å². The van der Waals surface area contributed by atoms with E-state index in [0.717, 1.165) is 11.6 Å². The van der Waals surface area contributed by atoms with E-state index in [1.165, 1.54) is 10.4 Å². The summed E-state index contributed by atoms with van der Waals surface area (Å²) in [5.41, 5.74) is 7.07. The minimum absolute atomic E-state index is 0.200. The van der Waals surface area contributed by atoms with E-state index in [0.29, 0.717) is 6.54 Å². The van der Waals surface area contributed by atoms with Crippen LogP contribution in [0.4, 0.5) is 0 Å². The summed E-state index contributed by atoms with van der Waals surface area (Å²) in [5.74, 6) is 0. The van der Waals surface area contributed by atoms with Gasteiger partial charge in [0.25, 0.3) is 0 Å². The van der Waals surface area contributed by atoms with Gasteiger partial charge in [-0.2, -0.15) is 0 Å². The van der Waals surface area contributed by atoms with E-state index in [2.05, 4.69) is 35.5 Å². The molecule has 0 aliphatic carbocycles. The molecule has 0 spiro atoms. The highest BCUT2D eigenvalue weighted by atomic mass is 35.5. The monoisotopic (exact) mass is 280 g/mol. The maximum atomic E-state index is 6.04. The van der Waals surface area contributed by atoms with E-state index < -0.39 is 0 Å². The summed E-state index contributed by atoms with van der Waals surface area (Å²) in [6.07, 6.45) is 0. The molecular weight excluding hydrogens is 264 g/mol. The molecule has 2 nitrogen and oxygen atoms in total. The largest absolute Gasteiger partial charge is 0.329 e. The molecule has 0 saturated heterocycles. The Morgan fingerprint density at radius 1 is 1.33 bits per heavy atom. The van der Waals surface area contributed by atoms with E-state index in [4.69, 9.17) is 17.3 Å². The molecule has 1 aromatic heterocycles. The fourth-order valence-electron chi connectivity index (χ4n) is 2.04. The van der Waals surface area contributed by atoms with Gasteiger partial charge in [-0.1, -0.05) is 29.8 Å². The number of hydrogen-bond acceptors (Lipinski definition) is 3. The second-order valence-electron chi connectivity index (χ2n) is 4.30. The van der Waals surface area contributed by atoms with Gasteiger partial charge in [0.15, 0.2) is 0 Å². The Labute approximate surface area is 117 Å². The summed E-state index contributed by atoms with van der Waals surface area (Å²) >= 11 is 7.80. The Morgan fingerprint density at radius 3 is 2.78 bits per heavy atom. The molecule has 2 N–H and O–H groups in total. The second kappa shape index (κ2) is 6.34. The van der Waals surface area contributed by atoms with Gasteiger partial charge >= 0.3 is 0 Å². The highest BCUT2D eigenvalue weighted by Gasteiger charge is 2.16. The number of thiophene rings is 1. The number of nitrogens with two attached hydrogens (primary N) is 1. The van der Waals surface area contributed by atoms with Gasteiger partial charge < -0.3 is 5.73 Å². The molecule has 1 heterocycles. The van der Waals surface area contributed by atoms with Crippen LogP contribution >= 0.6 is 22.9 Å². The number of nitrogens with zero attached hydrogens (tertiary/aromatic N) is 1.